The summed E-state index contributed by atoms with van der Waals surface area (Å²) in [7, 11) is 0. The second kappa shape index (κ2) is 7.75. The zero-order valence-corrected chi connectivity index (χ0v) is 14.8. The first-order valence-electron chi connectivity index (χ1n) is 7.22. The quantitative estimate of drug-likeness (QED) is 0.712. The van der Waals surface area contributed by atoms with Crippen LogP contribution in [0.1, 0.15) is 16.1 Å². The number of aromatic nitrogens is 2. The molecule has 1 amide bonds. The van der Waals surface area contributed by atoms with Crippen LogP contribution in [0, 0.1) is 0 Å². The van der Waals surface area contributed by atoms with Gasteiger partial charge in [0, 0.05) is 30.1 Å². The van der Waals surface area contributed by atoms with E-state index in [-0.39, 0.29) is 5.91 Å². The Balaban J connectivity index is 1.56. The van der Waals surface area contributed by atoms with Crippen molar-refractivity contribution in [1.82, 2.24) is 15.3 Å². The van der Waals surface area contributed by atoms with Crippen LogP contribution in [0.3, 0.4) is 0 Å². The Morgan fingerprint density at radius 1 is 1.17 bits per heavy atom. The summed E-state index contributed by atoms with van der Waals surface area (Å²) < 4.78 is 0. The fourth-order valence-corrected chi connectivity index (χ4v) is 3.20. The number of rotatable bonds is 5. The molecule has 3 rings (SSSR count). The molecule has 0 radical (unpaired) electrons. The minimum Gasteiger partial charge on any atom is -0.352 e. The van der Waals surface area contributed by atoms with Crippen LogP contribution in [0.25, 0.3) is 10.7 Å². The molecule has 0 fully saturated rings. The number of hydrogen-bond donors (Lipinski definition) is 1. The van der Waals surface area contributed by atoms with Gasteiger partial charge in [-0.2, -0.15) is 0 Å². The zero-order chi connectivity index (χ0) is 16.9. The zero-order valence-electron chi connectivity index (χ0n) is 12.5. The first-order chi connectivity index (χ1) is 11.6. The molecular weight excluding hydrogens is 365 g/mol. The topological polar surface area (TPSA) is 54.9 Å². The van der Waals surface area contributed by atoms with Gasteiger partial charge in [-0.1, -0.05) is 29.3 Å². The molecule has 0 saturated heterocycles. The van der Waals surface area contributed by atoms with Crippen LogP contribution >= 0.6 is 34.5 Å². The highest BCUT2D eigenvalue weighted by Gasteiger charge is 2.09. The van der Waals surface area contributed by atoms with Crippen LogP contribution in [0.2, 0.25) is 10.0 Å². The van der Waals surface area contributed by atoms with Crippen molar-refractivity contribution in [3.63, 3.8) is 0 Å². The van der Waals surface area contributed by atoms with Gasteiger partial charge in [0.15, 0.2) is 0 Å². The van der Waals surface area contributed by atoms with Crippen molar-refractivity contribution in [1.29, 1.82) is 0 Å². The van der Waals surface area contributed by atoms with Gasteiger partial charge in [-0.3, -0.25) is 9.78 Å². The number of hydrogen-bond acceptors (Lipinski definition) is 4. The molecule has 0 atom stereocenters. The third-order valence-electron chi connectivity index (χ3n) is 3.28. The minimum atomic E-state index is -0.186. The van der Waals surface area contributed by atoms with Crippen molar-refractivity contribution in [2.75, 3.05) is 6.54 Å². The summed E-state index contributed by atoms with van der Waals surface area (Å²) in [5, 5.41) is 6.50. The molecule has 2 aromatic heterocycles. The number of amides is 1. The summed E-state index contributed by atoms with van der Waals surface area (Å²) in [5.41, 5.74) is 2.26. The number of nitrogens with one attached hydrogen (secondary N) is 1. The molecule has 4 nitrogen and oxygen atoms in total. The first kappa shape index (κ1) is 16.9. The molecule has 0 unspecified atom stereocenters. The summed E-state index contributed by atoms with van der Waals surface area (Å²) in [6, 6.07) is 10.5. The van der Waals surface area contributed by atoms with Crippen LogP contribution in [-0.2, 0) is 6.42 Å². The summed E-state index contributed by atoms with van der Waals surface area (Å²) in [4.78, 5) is 20.9. The Bertz CT molecular complexity index is 852. The first-order valence-corrected chi connectivity index (χ1v) is 8.86. The van der Waals surface area contributed by atoms with Crippen molar-refractivity contribution in [2.45, 2.75) is 6.42 Å². The van der Waals surface area contributed by atoms with E-state index in [1.54, 1.807) is 35.7 Å². The Kier molecular flexibility index (Phi) is 5.45. The highest BCUT2D eigenvalue weighted by molar-refractivity contribution is 7.13. The Hall–Kier alpha value is -1.95. The van der Waals surface area contributed by atoms with Gasteiger partial charge >= 0.3 is 0 Å². The second-order valence-electron chi connectivity index (χ2n) is 4.99. The molecule has 7 heteroatoms. The normalized spacial score (nSPS) is 10.6. The average molecular weight is 378 g/mol. The lowest BCUT2D eigenvalue weighted by Gasteiger charge is -2.05. The van der Waals surface area contributed by atoms with Gasteiger partial charge in [0.2, 0.25) is 0 Å². The molecule has 24 heavy (non-hydrogen) atoms. The standard InChI is InChI=1S/C17H13Cl2N3OS/c18-13-5-4-11(9-14(13)19)16(23)21-8-6-12-10-24-17(22-12)15-3-1-2-7-20-15/h1-5,7,9-10H,6,8H2,(H,21,23). The van der Waals surface area contributed by atoms with Gasteiger partial charge in [0.05, 0.1) is 21.4 Å². The maximum atomic E-state index is 12.1. The van der Waals surface area contributed by atoms with Crippen LogP contribution in [0.5, 0.6) is 0 Å². The van der Waals surface area contributed by atoms with Gasteiger partial charge in [-0.05, 0) is 30.3 Å². The SMILES string of the molecule is O=C(NCCc1csc(-c2ccccn2)n1)c1ccc(Cl)c(Cl)c1. The van der Waals surface area contributed by atoms with Crippen molar-refractivity contribution >= 4 is 40.4 Å². The molecule has 1 N–H and O–H groups in total. The van der Waals surface area contributed by atoms with E-state index in [1.165, 1.54) is 0 Å². The molecule has 122 valence electrons. The van der Waals surface area contributed by atoms with E-state index in [0.29, 0.717) is 28.6 Å². The number of halogens is 2. The third kappa shape index (κ3) is 4.12. The van der Waals surface area contributed by atoms with E-state index in [2.05, 4.69) is 15.3 Å². The van der Waals surface area contributed by atoms with Gasteiger partial charge in [0.1, 0.15) is 5.01 Å². The summed E-state index contributed by atoms with van der Waals surface area (Å²) in [6.07, 6.45) is 2.39. The highest BCUT2D eigenvalue weighted by atomic mass is 35.5. The van der Waals surface area contributed by atoms with Crippen LogP contribution < -0.4 is 5.32 Å². The average Bonchev–Trinajstić information content (AvgIpc) is 3.07. The maximum absolute atomic E-state index is 12.1. The largest absolute Gasteiger partial charge is 0.352 e. The monoisotopic (exact) mass is 377 g/mol. The number of benzene rings is 1. The fourth-order valence-electron chi connectivity index (χ4n) is 2.07. The van der Waals surface area contributed by atoms with Crippen molar-refractivity contribution in [3.05, 3.63) is 69.3 Å². The maximum Gasteiger partial charge on any atom is 0.251 e. The van der Waals surface area contributed by atoms with Crippen molar-refractivity contribution < 1.29 is 4.79 Å². The smallest absolute Gasteiger partial charge is 0.251 e. The van der Waals surface area contributed by atoms with Crippen molar-refractivity contribution in [2.24, 2.45) is 0 Å². The molecule has 3 aromatic rings. The molecule has 0 aliphatic rings. The Morgan fingerprint density at radius 2 is 2.04 bits per heavy atom. The van der Waals surface area contributed by atoms with Gasteiger partial charge in [0.25, 0.3) is 5.91 Å². The number of thiazole rings is 1. The number of carbonyl (C=O) groups is 1. The Morgan fingerprint density at radius 3 is 2.79 bits per heavy atom. The molecular formula is C17H13Cl2N3OS. The lowest BCUT2D eigenvalue weighted by molar-refractivity contribution is 0.0954. The molecule has 0 spiro atoms. The minimum absolute atomic E-state index is 0.186. The van der Waals surface area contributed by atoms with Gasteiger partial charge in [-0.15, -0.1) is 11.3 Å². The Labute approximate surface area is 153 Å². The number of pyridine rings is 1. The van der Waals surface area contributed by atoms with E-state index in [4.69, 9.17) is 23.2 Å². The lowest BCUT2D eigenvalue weighted by atomic mass is 10.2. The molecule has 0 aliphatic heterocycles. The number of carbonyl (C=O) groups excluding carboxylic acids is 1. The van der Waals surface area contributed by atoms with Gasteiger partial charge in [-0.25, -0.2) is 4.98 Å². The summed E-state index contributed by atoms with van der Waals surface area (Å²) in [6.45, 7) is 0.491. The van der Waals surface area contributed by atoms with Crippen molar-refractivity contribution in [3.8, 4) is 10.7 Å². The summed E-state index contributed by atoms with van der Waals surface area (Å²) in [5.74, 6) is -0.186. The van der Waals surface area contributed by atoms with Crippen LogP contribution in [0.4, 0.5) is 0 Å². The predicted octanol–water partition coefficient (Wildman–Crippen LogP) is 4.48. The predicted molar refractivity (Wildman–Crippen MR) is 97.8 cm³/mol. The van der Waals surface area contributed by atoms with Gasteiger partial charge < -0.3 is 5.32 Å². The van der Waals surface area contributed by atoms with E-state index in [1.807, 2.05) is 23.6 Å². The van der Waals surface area contributed by atoms with Crippen LogP contribution in [-0.4, -0.2) is 22.4 Å². The fraction of sp³-hybridized carbons (Fsp3) is 0.118. The molecule has 2 heterocycles. The van der Waals surface area contributed by atoms with E-state index in [9.17, 15) is 4.79 Å². The lowest BCUT2D eigenvalue weighted by Crippen LogP contribution is -2.25. The second-order valence-corrected chi connectivity index (χ2v) is 6.67. The van der Waals surface area contributed by atoms with E-state index < -0.39 is 0 Å². The van der Waals surface area contributed by atoms with E-state index >= 15 is 0 Å². The van der Waals surface area contributed by atoms with Crippen LogP contribution in [0.15, 0.2) is 48.0 Å². The highest BCUT2D eigenvalue weighted by Crippen LogP contribution is 2.23. The summed E-state index contributed by atoms with van der Waals surface area (Å²) >= 11 is 13.3. The molecule has 0 aliphatic carbocycles. The molecule has 0 bridgehead atoms. The number of nitrogens with zero attached hydrogens (tertiary/aromatic N) is 2. The molecule has 1 aromatic carbocycles. The molecule has 0 saturated carbocycles. The third-order valence-corrected chi connectivity index (χ3v) is 4.94. The van der Waals surface area contributed by atoms with E-state index in [0.717, 1.165) is 16.4 Å².